The lowest BCUT2D eigenvalue weighted by atomic mass is 9.90. The van der Waals surface area contributed by atoms with E-state index in [1.54, 1.807) is 0 Å². The minimum absolute atomic E-state index is 0.244. The number of nitrogens with zero attached hydrogens (tertiary/aromatic N) is 2. The molecular weight excluding hydrogens is 248 g/mol. The zero-order valence-corrected chi connectivity index (χ0v) is 11.5. The minimum atomic E-state index is -0.634. The molecule has 1 heterocycles. The topological polar surface area (TPSA) is 28.2 Å². The third-order valence-electron chi connectivity index (χ3n) is 3.86. The molecule has 0 radical (unpaired) electrons. The molecule has 1 aromatic rings. The van der Waals surface area contributed by atoms with Crippen molar-refractivity contribution >= 4 is 5.82 Å². The summed E-state index contributed by atoms with van der Waals surface area (Å²) in [7, 11) is 1.83. The van der Waals surface area contributed by atoms with Gasteiger partial charge < -0.3 is 10.2 Å². The van der Waals surface area contributed by atoms with Gasteiger partial charge in [-0.05, 0) is 32.2 Å². The van der Waals surface area contributed by atoms with Crippen LogP contribution in [0.5, 0.6) is 0 Å². The van der Waals surface area contributed by atoms with Crippen molar-refractivity contribution in [2.45, 2.75) is 44.7 Å². The number of pyridine rings is 1. The summed E-state index contributed by atoms with van der Waals surface area (Å²) in [6.45, 7) is 3.09. The van der Waals surface area contributed by atoms with Gasteiger partial charge in [0, 0.05) is 25.2 Å². The summed E-state index contributed by atoms with van der Waals surface area (Å²) in [6.07, 6.45) is 5.26. The Balaban J connectivity index is 1.99. The fourth-order valence-corrected chi connectivity index (χ4v) is 2.80. The first kappa shape index (κ1) is 14.2. The van der Waals surface area contributed by atoms with Crippen LogP contribution in [-0.2, 0) is 0 Å². The number of aromatic nitrogens is 1. The van der Waals surface area contributed by atoms with Crippen LogP contribution in [-0.4, -0.2) is 30.7 Å². The van der Waals surface area contributed by atoms with Gasteiger partial charge in [-0.15, -0.1) is 0 Å². The van der Waals surface area contributed by atoms with Gasteiger partial charge in [0.1, 0.15) is 5.82 Å². The molecule has 1 aromatic heterocycles. The smallest absolute Gasteiger partial charge is 0.168 e. The van der Waals surface area contributed by atoms with Gasteiger partial charge >= 0.3 is 0 Å². The van der Waals surface area contributed by atoms with Crippen molar-refractivity contribution in [1.82, 2.24) is 10.3 Å². The molecule has 1 saturated carbocycles. The summed E-state index contributed by atoms with van der Waals surface area (Å²) in [5.41, 5.74) is 0. The van der Waals surface area contributed by atoms with Crippen LogP contribution in [0.4, 0.5) is 14.6 Å². The maximum atomic E-state index is 13.7. The van der Waals surface area contributed by atoms with E-state index in [1.165, 1.54) is 0 Å². The van der Waals surface area contributed by atoms with E-state index >= 15 is 0 Å². The highest BCUT2D eigenvalue weighted by Crippen LogP contribution is 2.26. The second-order valence-electron chi connectivity index (χ2n) is 5.13. The van der Waals surface area contributed by atoms with Crippen LogP contribution < -0.4 is 10.2 Å². The average molecular weight is 269 g/mol. The molecule has 106 valence electrons. The van der Waals surface area contributed by atoms with Gasteiger partial charge in [0.15, 0.2) is 11.6 Å². The fraction of sp³-hybridized carbons (Fsp3) is 0.643. The number of hydrogen-bond donors (Lipinski definition) is 1. The van der Waals surface area contributed by atoms with E-state index in [0.717, 1.165) is 44.5 Å². The van der Waals surface area contributed by atoms with Crippen molar-refractivity contribution in [1.29, 1.82) is 0 Å². The molecule has 0 atom stereocenters. The average Bonchev–Trinajstić information content (AvgIpc) is 2.39. The van der Waals surface area contributed by atoms with Gasteiger partial charge in [0.25, 0.3) is 0 Å². The number of hydrogen-bond acceptors (Lipinski definition) is 3. The third kappa shape index (κ3) is 3.41. The Morgan fingerprint density at radius 1 is 1.32 bits per heavy atom. The summed E-state index contributed by atoms with van der Waals surface area (Å²) in [5, 5.41) is 3.44. The second kappa shape index (κ2) is 6.28. The molecule has 19 heavy (non-hydrogen) atoms. The van der Waals surface area contributed by atoms with Gasteiger partial charge in [-0.2, -0.15) is 0 Å². The van der Waals surface area contributed by atoms with Crippen molar-refractivity contribution in [3.05, 3.63) is 23.9 Å². The predicted molar refractivity (Wildman–Crippen MR) is 72.3 cm³/mol. The number of anilines is 1. The molecule has 1 fully saturated rings. The van der Waals surface area contributed by atoms with Crippen molar-refractivity contribution in [3.63, 3.8) is 0 Å². The SMILES string of the molecule is CCNC1CCC(N(C)c2ncc(F)cc2F)CC1. The molecule has 3 nitrogen and oxygen atoms in total. The normalized spacial score (nSPS) is 23.4. The van der Waals surface area contributed by atoms with Crippen LogP contribution in [0.15, 0.2) is 12.3 Å². The summed E-state index contributed by atoms with van der Waals surface area (Å²) in [5.74, 6) is -0.977. The maximum absolute atomic E-state index is 13.7. The van der Waals surface area contributed by atoms with E-state index in [4.69, 9.17) is 0 Å². The molecule has 0 saturated heterocycles. The van der Waals surface area contributed by atoms with Gasteiger partial charge in [0.2, 0.25) is 0 Å². The minimum Gasteiger partial charge on any atom is -0.354 e. The Hall–Kier alpha value is -1.23. The quantitative estimate of drug-likeness (QED) is 0.911. The van der Waals surface area contributed by atoms with E-state index in [1.807, 2.05) is 11.9 Å². The van der Waals surface area contributed by atoms with Crippen molar-refractivity contribution < 1.29 is 8.78 Å². The first-order valence-corrected chi connectivity index (χ1v) is 6.89. The van der Waals surface area contributed by atoms with Crippen molar-refractivity contribution in [3.8, 4) is 0 Å². The van der Waals surface area contributed by atoms with Crippen molar-refractivity contribution in [2.24, 2.45) is 0 Å². The van der Waals surface area contributed by atoms with Crippen LogP contribution in [0.1, 0.15) is 32.6 Å². The van der Waals surface area contributed by atoms with Gasteiger partial charge in [0.05, 0.1) is 6.20 Å². The lowest BCUT2D eigenvalue weighted by Crippen LogP contribution is -2.41. The molecule has 0 bridgehead atoms. The molecule has 5 heteroatoms. The van der Waals surface area contributed by atoms with E-state index in [-0.39, 0.29) is 11.9 Å². The molecule has 0 unspecified atom stereocenters. The first-order chi connectivity index (χ1) is 9.11. The molecule has 0 aromatic carbocycles. The van der Waals surface area contributed by atoms with Crippen LogP contribution >= 0.6 is 0 Å². The molecule has 0 aliphatic heterocycles. The number of rotatable bonds is 4. The maximum Gasteiger partial charge on any atom is 0.168 e. The molecule has 0 spiro atoms. The Bertz CT molecular complexity index is 417. The highest BCUT2D eigenvalue weighted by atomic mass is 19.1. The van der Waals surface area contributed by atoms with E-state index in [2.05, 4.69) is 17.2 Å². The Morgan fingerprint density at radius 3 is 2.58 bits per heavy atom. The molecular formula is C14H21F2N3. The van der Waals surface area contributed by atoms with E-state index < -0.39 is 11.6 Å². The standard InChI is InChI=1S/C14H21F2N3/c1-3-17-11-4-6-12(7-5-11)19(2)14-13(16)8-10(15)9-18-14/h8-9,11-12,17H,3-7H2,1-2H3. The van der Waals surface area contributed by atoms with Crippen molar-refractivity contribution in [2.75, 3.05) is 18.5 Å². The van der Waals surface area contributed by atoms with Gasteiger partial charge in [-0.25, -0.2) is 13.8 Å². The molecule has 1 aliphatic carbocycles. The summed E-state index contributed by atoms with van der Waals surface area (Å²) >= 11 is 0. The first-order valence-electron chi connectivity index (χ1n) is 6.89. The predicted octanol–water partition coefficient (Wildman–Crippen LogP) is 2.72. The Morgan fingerprint density at radius 2 is 2.00 bits per heavy atom. The summed E-state index contributed by atoms with van der Waals surface area (Å²) < 4.78 is 26.6. The number of nitrogens with one attached hydrogen (secondary N) is 1. The lowest BCUT2D eigenvalue weighted by molar-refractivity contribution is 0.339. The fourth-order valence-electron chi connectivity index (χ4n) is 2.80. The van der Waals surface area contributed by atoms with Crippen LogP contribution in [0.25, 0.3) is 0 Å². The second-order valence-corrected chi connectivity index (χ2v) is 5.13. The molecule has 2 rings (SSSR count). The van der Waals surface area contributed by atoms with Gasteiger partial charge in [-0.3, -0.25) is 0 Å². The molecule has 1 aliphatic rings. The summed E-state index contributed by atoms with van der Waals surface area (Å²) in [6, 6.07) is 1.74. The Kier molecular flexibility index (Phi) is 4.69. The third-order valence-corrected chi connectivity index (χ3v) is 3.86. The van der Waals surface area contributed by atoms with E-state index in [9.17, 15) is 8.78 Å². The lowest BCUT2D eigenvalue weighted by Gasteiger charge is -2.35. The van der Waals surface area contributed by atoms with Gasteiger partial charge in [-0.1, -0.05) is 6.92 Å². The zero-order valence-electron chi connectivity index (χ0n) is 11.5. The monoisotopic (exact) mass is 269 g/mol. The van der Waals surface area contributed by atoms with E-state index in [0.29, 0.717) is 6.04 Å². The van der Waals surface area contributed by atoms with Crippen LogP contribution in [0.3, 0.4) is 0 Å². The highest BCUT2D eigenvalue weighted by Gasteiger charge is 2.25. The molecule has 0 amide bonds. The molecule has 1 N–H and O–H groups in total. The largest absolute Gasteiger partial charge is 0.354 e. The number of halogens is 2. The zero-order chi connectivity index (χ0) is 13.8. The van der Waals surface area contributed by atoms with Crippen LogP contribution in [0.2, 0.25) is 0 Å². The Labute approximate surface area is 113 Å². The highest BCUT2D eigenvalue weighted by molar-refractivity contribution is 5.40. The summed E-state index contributed by atoms with van der Waals surface area (Å²) in [4.78, 5) is 5.71. The van der Waals surface area contributed by atoms with Crippen LogP contribution in [0, 0.1) is 11.6 Å².